The fourth-order valence-corrected chi connectivity index (χ4v) is 0.936. The largest absolute Gasteiger partial charge is 0.235 e. The molecule has 1 unspecified atom stereocenters. The van der Waals surface area contributed by atoms with Gasteiger partial charge in [-0.15, -0.1) is 11.6 Å². The van der Waals surface area contributed by atoms with Gasteiger partial charge in [0.2, 0.25) is 0 Å². The molecule has 0 fully saturated rings. The van der Waals surface area contributed by atoms with E-state index < -0.39 is 0 Å². The Morgan fingerprint density at radius 2 is 2.00 bits per heavy atom. The predicted molar refractivity (Wildman–Crippen MR) is 34.6 cm³/mol. The Balaban J connectivity index is 3.10. The van der Waals surface area contributed by atoms with Crippen LogP contribution in [0.1, 0.15) is 20.3 Å². The molecule has 0 aromatic carbocycles. The first-order valence-electron chi connectivity index (χ1n) is 2.89. The second kappa shape index (κ2) is 4.16. The summed E-state index contributed by atoms with van der Waals surface area (Å²) in [6.45, 7) is 3.97. The maximum absolute atomic E-state index is 10.0. The van der Waals surface area contributed by atoms with E-state index in [2.05, 4.69) is 13.8 Å². The van der Waals surface area contributed by atoms with E-state index in [-0.39, 0.29) is 12.0 Å². The van der Waals surface area contributed by atoms with Gasteiger partial charge in [-0.2, -0.15) is 0 Å². The predicted octanol–water partition coefficient (Wildman–Crippen LogP) is 2.07. The molecule has 0 aliphatic carbocycles. The van der Waals surface area contributed by atoms with Crippen LogP contribution in [0.2, 0.25) is 0 Å². The first-order chi connectivity index (χ1) is 3.66. The van der Waals surface area contributed by atoms with Crippen LogP contribution in [0.5, 0.6) is 0 Å². The molecule has 0 saturated heterocycles. The van der Waals surface area contributed by atoms with E-state index in [1.165, 1.54) is 0 Å². The molecule has 1 atom stereocenters. The van der Waals surface area contributed by atoms with Crippen molar-refractivity contribution >= 4 is 11.6 Å². The molecule has 0 aliphatic heterocycles. The van der Waals surface area contributed by atoms with E-state index in [0.29, 0.717) is 5.92 Å². The van der Waals surface area contributed by atoms with Crippen molar-refractivity contribution in [2.24, 2.45) is 5.92 Å². The second-order valence-electron chi connectivity index (χ2n) is 2.39. The molecule has 1 nitrogen and oxygen atoms in total. The molecule has 0 saturated carbocycles. The lowest BCUT2D eigenvalue weighted by atomic mass is 10.1. The van der Waals surface area contributed by atoms with Crippen molar-refractivity contribution in [3.05, 3.63) is 0 Å². The summed E-state index contributed by atoms with van der Waals surface area (Å²) in [6.07, 6.45) is 0.838. The molecule has 0 bridgehead atoms. The third kappa shape index (κ3) is 4.41. The van der Waals surface area contributed by atoms with Crippen molar-refractivity contribution in [2.45, 2.75) is 25.6 Å². The number of halogens is 1. The van der Waals surface area contributed by atoms with Gasteiger partial charge in [0.15, 0.2) is 0 Å². The third-order valence-electron chi connectivity index (χ3n) is 0.908. The fourth-order valence-electron chi connectivity index (χ4n) is 0.580. The average Bonchev–Trinajstić information content (AvgIpc) is 1.65. The third-order valence-corrected chi connectivity index (χ3v) is 1.21. The first kappa shape index (κ1) is 8.25. The molecule has 0 amide bonds. The highest BCUT2D eigenvalue weighted by Crippen LogP contribution is 2.08. The summed E-state index contributed by atoms with van der Waals surface area (Å²) in [7, 11) is 0. The van der Waals surface area contributed by atoms with Crippen molar-refractivity contribution in [1.29, 1.82) is 0 Å². The summed E-state index contributed by atoms with van der Waals surface area (Å²) in [4.78, 5) is 0. The Morgan fingerprint density at radius 1 is 1.50 bits per heavy atom. The fraction of sp³-hybridized carbons (Fsp3) is 1.00. The van der Waals surface area contributed by atoms with Gasteiger partial charge >= 0.3 is 0 Å². The Kier molecular flexibility index (Phi) is 4.29. The van der Waals surface area contributed by atoms with Crippen LogP contribution >= 0.6 is 11.6 Å². The zero-order valence-corrected chi connectivity index (χ0v) is 6.11. The molecular weight excluding hydrogens is 124 g/mol. The monoisotopic (exact) mass is 135 g/mol. The van der Waals surface area contributed by atoms with Crippen LogP contribution in [-0.2, 0) is 5.11 Å². The molecule has 0 aliphatic rings. The van der Waals surface area contributed by atoms with Crippen LogP contribution < -0.4 is 0 Å². The molecular formula is C6H12ClO. The van der Waals surface area contributed by atoms with E-state index in [1.807, 2.05) is 0 Å². The van der Waals surface area contributed by atoms with Gasteiger partial charge in [0.05, 0.1) is 12.0 Å². The van der Waals surface area contributed by atoms with E-state index in [9.17, 15) is 5.11 Å². The summed E-state index contributed by atoms with van der Waals surface area (Å²) in [6, 6.07) is 0. The van der Waals surface area contributed by atoms with Crippen LogP contribution in [0.15, 0.2) is 0 Å². The van der Waals surface area contributed by atoms with Crippen LogP contribution in [0.25, 0.3) is 0 Å². The number of alkyl halides is 1. The Labute approximate surface area is 55.7 Å². The first-order valence-corrected chi connectivity index (χ1v) is 3.32. The van der Waals surface area contributed by atoms with Gasteiger partial charge in [-0.25, -0.2) is 5.11 Å². The van der Waals surface area contributed by atoms with E-state index >= 15 is 0 Å². The van der Waals surface area contributed by atoms with E-state index in [0.717, 1.165) is 6.42 Å². The molecule has 0 aromatic rings. The maximum atomic E-state index is 10.0. The van der Waals surface area contributed by atoms with Crippen molar-refractivity contribution < 1.29 is 5.11 Å². The summed E-state index contributed by atoms with van der Waals surface area (Å²) < 4.78 is 0. The van der Waals surface area contributed by atoms with Gasteiger partial charge in [-0.05, 0) is 12.3 Å². The molecule has 0 N–H and O–H groups in total. The van der Waals surface area contributed by atoms with E-state index in [1.54, 1.807) is 0 Å². The van der Waals surface area contributed by atoms with Crippen molar-refractivity contribution in [2.75, 3.05) is 6.61 Å². The van der Waals surface area contributed by atoms with Gasteiger partial charge in [-0.3, -0.25) is 0 Å². The molecule has 49 valence electrons. The Bertz CT molecular complexity index is 54.5. The molecule has 0 rings (SSSR count). The van der Waals surface area contributed by atoms with Gasteiger partial charge < -0.3 is 0 Å². The zero-order valence-electron chi connectivity index (χ0n) is 5.36. The van der Waals surface area contributed by atoms with Crippen molar-refractivity contribution in [1.82, 2.24) is 0 Å². The highest BCUT2D eigenvalue weighted by atomic mass is 35.5. The van der Waals surface area contributed by atoms with Crippen LogP contribution in [0.4, 0.5) is 0 Å². The van der Waals surface area contributed by atoms with Gasteiger partial charge in [0.25, 0.3) is 0 Å². The smallest absolute Gasteiger partial charge is 0.0985 e. The Hall–Kier alpha value is 0.250. The highest BCUT2D eigenvalue weighted by Gasteiger charge is 2.04. The van der Waals surface area contributed by atoms with E-state index in [4.69, 9.17) is 11.6 Å². The summed E-state index contributed by atoms with van der Waals surface area (Å²) in [5.41, 5.74) is 0. The average molecular weight is 136 g/mol. The van der Waals surface area contributed by atoms with Gasteiger partial charge in [0.1, 0.15) is 0 Å². The topological polar surface area (TPSA) is 19.9 Å². The molecule has 1 radical (unpaired) electrons. The lowest BCUT2D eigenvalue weighted by Gasteiger charge is -2.05. The molecule has 2 heteroatoms. The lowest BCUT2D eigenvalue weighted by molar-refractivity contribution is 0.185. The van der Waals surface area contributed by atoms with Crippen LogP contribution in [0, 0.1) is 5.92 Å². The summed E-state index contributed by atoms with van der Waals surface area (Å²) in [5, 5.41) is 9.88. The van der Waals surface area contributed by atoms with Crippen LogP contribution in [0.3, 0.4) is 0 Å². The number of rotatable bonds is 3. The molecule has 0 aromatic heterocycles. The normalized spacial score (nSPS) is 14.6. The number of hydrogen-bond acceptors (Lipinski definition) is 0. The van der Waals surface area contributed by atoms with Crippen molar-refractivity contribution in [3.63, 3.8) is 0 Å². The quantitative estimate of drug-likeness (QED) is 0.528. The maximum Gasteiger partial charge on any atom is 0.0985 e. The molecule has 8 heavy (non-hydrogen) atoms. The standard InChI is InChI=1S/C6H12ClO/c1-5(2)3-6(7)4-8/h5-6H,3-4H2,1-2H3. The minimum atomic E-state index is -0.157. The highest BCUT2D eigenvalue weighted by molar-refractivity contribution is 6.20. The molecule has 0 spiro atoms. The number of hydrogen-bond donors (Lipinski definition) is 0. The van der Waals surface area contributed by atoms with Crippen molar-refractivity contribution in [3.8, 4) is 0 Å². The van der Waals surface area contributed by atoms with Crippen LogP contribution in [-0.4, -0.2) is 12.0 Å². The van der Waals surface area contributed by atoms with Gasteiger partial charge in [-0.1, -0.05) is 13.8 Å². The lowest BCUT2D eigenvalue weighted by Crippen LogP contribution is -2.06. The minimum absolute atomic E-state index is 0.153. The minimum Gasteiger partial charge on any atom is -0.235 e. The summed E-state index contributed by atoms with van der Waals surface area (Å²) in [5.74, 6) is 0.548. The SMILES string of the molecule is CC(C)CC(Cl)C[O]. The molecule has 0 heterocycles. The van der Waals surface area contributed by atoms with Gasteiger partial charge in [0, 0.05) is 0 Å². The summed E-state index contributed by atoms with van der Waals surface area (Å²) >= 11 is 5.55. The second-order valence-corrected chi connectivity index (χ2v) is 3.01. The zero-order chi connectivity index (χ0) is 6.57. The Morgan fingerprint density at radius 3 is 2.12 bits per heavy atom.